The van der Waals surface area contributed by atoms with E-state index >= 15 is 0 Å². The molecular formula is C16H27N3O. The molecule has 0 bridgehead atoms. The van der Waals surface area contributed by atoms with Crippen LogP contribution in [0.3, 0.4) is 0 Å². The van der Waals surface area contributed by atoms with Crippen molar-refractivity contribution in [2.45, 2.75) is 57.7 Å². The minimum Gasteiger partial charge on any atom is -0.488 e. The molecule has 1 saturated heterocycles. The quantitative estimate of drug-likeness (QED) is 0.816. The molecule has 4 N–H and O–H groups in total. The number of nitrogens with zero attached hydrogens (tertiary/aromatic N) is 1. The summed E-state index contributed by atoms with van der Waals surface area (Å²) in [7, 11) is 2.19. The molecule has 0 unspecified atom stereocenters. The lowest BCUT2D eigenvalue weighted by molar-refractivity contribution is -0.0554. The number of hydrogen-bond donors (Lipinski definition) is 2. The maximum Gasteiger partial charge on any atom is 0.142 e. The Morgan fingerprint density at radius 3 is 2.15 bits per heavy atom. The van der Waals surface area contributed by atoms with Crippen molar-refractivity contribution < 1.29 is 4.74 Å². The minimum absolute atomic E-state index is 0.106. The molecule has 1 aromatic rings. The van der Waals surface area contributed by atoms with Crippen molar-refractivity contribution in [1.29, 1.82) is 0 Å². The van der Waals surface area contributed by atoms with Crippen LogP contribution in [0.5, 0.6) is 5.75 Å². The molecule has 0 amide bonds. The first-order valence-corrected chi connectivity index (χ1v) is 7.17. The number of nitrogens with two attached hydrogens (primary N) is 2. The van der Waals surface area contributed by atoms with Crippen LogP contribution < -0.4 is 16.2 Å². The van der Waals surface area contributed by atoms with E-state index in [1.54, 1.807) is 6.07 Å². The van der Waals surface area contributed by atoms with Crippen LogP contribution in [-0.2, 0) is 0 Å². The number of benzene rings is 1. The summed E-state index contributed by atoms with van der Waals surface area (Å²) in [6.07, 6.45) is 2.13. The van der Waals surface area contributed by atoms with Crippen LogP contribution in [-0.4, -0.2) is 29.1 Å². The van der Waals surface area contributed by atoms with Crippen LogP contribution in [0.4, 0.5) is 11.4 Å². The number of nitrogen functional groups attached to an aromatic ring is 2. The second-order valence-corrected chi connectivity index (χ2v) is 7.13. The van der Waals surface area contributed by atoms with Crippen molar-refractivity contribution in [3.05, 3.63) is 18.2 Å². The Balaban J connectivity index is 2.18. The smallest absolute Gasteiger partial charge is 0.142 e. The van der Waals surface area contributed by atoms with Crippen LogP contribution >= 0.6 is 0 Å². The van der Waals surface area contributed by atoms with E-state index in [-0.39, 0.29) is 17.2 Å². The van der Waals surface area contributed by atoms with Gasteiger partial charge >= 0.3 is 0 Å². The summed E-state index contributed by atoms with van der Waals surface area (Å²) in [4.78, 5) is 2.44. The highest BCUT2D eigenvalue weighted by Crippen LogP contribution is 2.39. The SMILES string of the molecule is CN1C(C)(C)CC(Oc2ccc(N)cc2N)CC1(C)C. The standard InChI is InChI=1S/C16H27N3O/c1-15(2)9-12(10-16(3,4)19(15)5)20-14-7-6-11(17)8-13(14)18/h6-8,12H,9-10,17-18H2,1-5H3. The molecule has 2 rings (SSSR count). The third kappa shape index (κ3) is 2.85. The van der Waals surface area contributed by atoms with Crippen molar-refractivity contribution in [3.8, 4) is 5.75 Å². The van der Waals surface area contributed by atoms with Crippen molar-refractivity contribution >= 4 is 11.4 Å². The molecule has 4 heteroatoms. The number of rotatable bonds is 2. The van der Waals surface area contributed by atoms with E-state index in [2.05, 4.69) is 39.6 Å². The lowest BCUT2D eigenvalue weighted by atomic mass is 9.78. The van der Waals surface area contributed by atoms with Gasteiger partial charge in [-0.25, -0.2) is 0 Å². The maximum atomic E-state index is 6.15. The molecule has 1 aliphatic heterocycles. The summed E-state index contributed by atoms with van der Waals surface area (Å²) < 4.78 is 6.15. The highest BCUT2D eigenvalue weighted by Gasteiger charge is 2.44. The molecule has 0 atom stereocenters. The fraction of sp³-hybridized carbons (Fsp3) is 0.625. The molecule has 0 spiro atoms. The largest absolute Gasteiger partial charge is 0.488 e. The fourth-order valence-corrected chi connectivity index (χ4v) is 3.22. The third-order valence-corrected chi connectivity index (χ3v) is 4.60. The first kappa shape index (κ1) is 15.0. The van der Waals surface area contributed by atoms with Crippen LogP contribution in [0.2, 0.25) is 0 Å². The minimum atomic E-state index is 0.106. The van der Waals surface area contributed by atoms with Crippen LogP contribution in [0.25, 0.3) is 0 Å². The van der Waals surface area contributed by atoms with Gasteiger partial charge in [0.25, 0.3) is 0 Å². The molecular weight excluding hydrogens is 250 g/mol. The summed E-state index contributed by atoms with van der Waals surface area (Å²) in [5.74, 6) is 0.736. The summed E-state index contributed by atoms with van der Waals surface area (Å²) >= 11 is 0. The van der Waals surface area contributed by atoms with Gasteiger partial charge in [0, 0.05) is 29.6 Å². The van der Waals surface area contributed by atoms with E-state index in [9.17, 15) is 0 Å². The van der Waals surface area contributed by atoms with Crippen molar-refractivity contribution in [2.75, 3.05) is 18.5 Å². The van der Waals surface area contributed by atoms with E-state index in [4.69, 9.17) is 16.2 Å². The zero-order chi connectivity index (χ0) is 15.1. The number of likely N-dealkylation sites (tertiary alicyclic amines) is 1. The molecule has 20 heavy (non-hydrogen) atoms. The van der Waals surface area contributed by atoms with E-state index in [1.165, 1.54) is 0 Å². The molecule has 1 aliphatic rings. The predicted molar refractivity (Wildman–Crippen MR) is 84.8 cm³/mol. The van der Waals surface area contributed by atoms with Crippen molar-refractivity contribution in [3.63, 3.8) is 0 Å². The number of ether oxygens (including phenoxy) is 1. The monoisotopic (exact) mass is 277 g/mol. The number of piperidine rings is 1. The molecule has 0 radical (unpaired) electrons. The first-order chi connectivity index (χ1) is 9.12. The van der Waals surface area contributed by atoms with Gasteiger partial charge in [-0.05, 0) is 52.9 Å². The molecule has 4 nitrogen and oxygen atoms in total. The summed E-state index contributed by atoms with van der Waals surface area (Å²) in [6.45, 7) is 9.04. The third-order valence-electron chi connectivity index (χ3n) is 4.60. The molecule has 1 aromatic carbocycles. The Bertz CT molecular complexity index is 478. The normalized spacial score (nSPS) is 22.6. The van der Waals surface area contributed by atoms with E-state index in [1.807, 2.05) is 12.1 Å². The van der Waals surface area contributed by atoms with E-state index < -0.39 is 0 Å². The summed E-state index contributed by atoms with van der Waals surface area (Å²) in [5.41, 5.74) is 13.2. The average Bonchev–Trinajstić information content (AvgIpc) is 2.29. The summed E-state index contributed by atoms with van der Waals surface area (Å²) in [5, 5.41) is 0. The predicted octanol–water partition coefficient (Wildman–Crippen LogP) is 2.88. The van der Waals surface area contributed by atoms with Gasteiger partial charge in [-0.3, -0.25) is 4.90 Å². The highest BCUT2D eigenvalue weighted by molar-refractivity contribution is 5.60. The Kier molecular flexibility index (Phi) is 3.63. The fourth-order valence-electron chi connectivity index (χ4n) is 3.22. The second kappa shape index (κ2) is 4.85. The molecule has 0 aliphatic carbocycles. The van der Waals surface area contributed by atoms with E-state index in [0.717, 1.165) is 18.6 Å². The van der Waals surface area contributed by atoms with Gasteiger partial charge in [0.15, 0.2) is 0 Å². The number of hydrogen-bond acceptors (Lipinski definition) is 4. The van der Waals surface area contributed by atoms with Gasteiger partial charge in [-0.1, -0.05) is 0 Å². The second-order valence-electron chi connectivity index (χ2n) is 7.13. The van der Waals surface area contributed by atoms with E-state index in [0.29, 0.717) is 11.4 Å². The molecule has 0 saturated carbocycles. The van der Waals surface area contributed by atoms with Gasteiger partial charge in [0.05, 0.1) is 5.69 Å². The Morgan fingerprint density at radius 1 is 1.10 bits per heavy atom. The molecule has 0 aromatic heterocycles. The molecule has 112 valence electrons. The topological polar surface area (TPSA) is 64.5 Å². The first-order valence-electron chi connectivity index (χ1n) is 7.17. The lowest BCUT2D eigenvalue weighted by Gasteiger charge is -2.53. The zero-order valence-corrected chi connectivity index (χ0v) is 13.2. The summed E-state index contributed by atoms with van der Waals surface area (Å²) in [6, 6.07) is 5.44. The average molecular weight is 277 g/mol. The van der Waals surface area contributed by atoms with Crippen LogP contribution in [0.1, 0.15) is 40.5 Å². The Morgan fingerprint density at radius 2 is 1.65 bits per heavy atom. The van der Waals surface area contributed by atoms with Gasteiger partial charge < -0.3 is 16.2 Å². The number of anilines is 2. The molecule has 1 heterocycles. The lowest BCUT2D eigenvalue weighted by Crippen LogP contribution is -2.60. The van der Waals surface area contributed by atoms with Crippen LogP contribution in [0.15, 0.2) is 18.2 Å². The maximum absolute atomic E-state index is 6.15. The molecule has 1 fully saturated rings. The Hall–Kier alpha value is -1.42. The van der Waals surface area contributed by atoms with Gasteiger partial charge in [-0.15, -0.1) is 0 Å². The van der Waals surface area contributed by atoms with Crippen LogP contribution in [0, 0.1) is 0 Å². The van der Waals surface area contributed by atoms with Gasteiger partial charge in [0.1, 0.15) is 11.9 Å². The van der Waals surface area contributed by atoms with Gasteiger partial charge in [-0.2, -0.15) is 0 Å². The highest BCUT2D eigenvalue weighted by atomic mass is 16.5. The van der Waals surface area contributed by atoms with Crippen molar-refractivity contribution in [2.24, 2.45) is 0 Å². The zero-order valence-electron chi connectivity index (χ0n) is 13.2. The van der Waals surface area contributed by atoms with Crippen molar-refractivity contribution in [1.82, 2.24) is 4.90 Å². The Labute approximate surface area is 122 Å². The van der Waals surface area contributed by atoms with Gasteiger partial charge in [0.2, 0.25) is 0 Å².